The van der Waals surface area contributed by atoms with E-state index in [0.29, 0.717) is 12.0 Å². The van der Waals surface area contributed by atoms with Crippen molar-refractivity contribution in [1.82, 2.24) is 5.32 Å². The van der Waals surface area contributed by atoms with Crippen molar-refractivity contribution < 1.29 is 0 Å². The Morgan fingerprint density at radius 1 is 1.10 bits per heavy atom. The summed E-state index contributed by atoms with van der Waals surface area (Å²) in [6.45, 7) is 4.50. The van der Waals surface area contributed by atoms with Crippen molar-refractivity contribution in [1.29, 1.82) is 0 Å². The normalized spacial score (nSPS) is 19.1. The molecule has 0 fully saturated rings. The minimum absolute atomic E-state index is 0.365. The van der Waals surface area contributed by atoms with Crippen LogP contribution >= 0.6 is 0 Å². The molecular formula is C19H24N2. The van der Waals surface area contributed by atoms with E-state index in [1.54, 1.807) is 0 Å². The average Bonchev–Trinajstić information content (AvgIpc) is 2.53. The Kier molecular flexibility index (Phi) is 4.26. The van der Waals surface area contributed by atoms with E-state index < -0.39 is 0 Å². The summed E-state index contributed by atoms with van der Waals surface area (Å²) in [7, 11) is 2.05. The predicted octanol–water partition coefficient (Wildman–Crippen LogP) is 3.65. The van der Waals surface area contributed by atoms with Crippen molar-refractivity contribution in [3.63, 3.8) is 0 Å². The Morgan fingerprint density at radius 2 is 1.81 bits per heavy atom. The summed E-state index contributed by atoms with van der Waals surface area (Å²) < 4.78 is 0. The number of fused-ring (bicyclic) bond motifs is 1. The fourth-order valence-corrected chi connectivity index (χ4v) is 3.35. The molecule has 0 saturated carbocycles. The first kappa shape index (κ1) is 14.2. The van der Waals surface area contributed by atoms with Gasteiger partial charge in [-0.25, -0.2) is 0 Å². The van der Waals surface area contributed by atoms with Crippen LogP contribution in [-0.2, 0) is 6.42 Å². The zero-order valence-electron chi connectivity index (χ0n) is 12.9. The van der Waals surface area contributed by atoms with E-state index in [2.05, 4.69) is 78.8 Å². The molecule has 0 radical (unpaired) electrons. The molecule has 0 aromatic heterocycles. The Morgan fingerprint density at radius 3 is 2.57 bits per heavy atom. The van der Waals surface area contributed by atoms with Crippen LogP contribution in [0.5, 0.6) is 0 Å². The third-order valence-electron chi connectivity index (χ3n) is 4.39. The van der Waals surface area contributed by atoms with Gasteiger partial charge >= 0.3 is 0 Å². The number of hydrogen-bond acceptors (Lipinski definition) is 2. The fourth-order valence-electron chi connectivity index (χ4n) is 3.35. The second kappa shape index (κ2) is 6.31. The largest absolute Gasteiger partial charge is 0.369 e. The van der Waals surface area contributed by atoms with Crippen LogP contribution in [0.1, 0.15) is 24.1 Å². The van der Waals surface area contributed by atoms with Gasteiger partial charge in [0.25, 0.3) is 0 Å². The highest BCUT2D eigenvalue weighted by Crippen LogP contribution is 2.30. The van der Waals surface area contributed by atoms with E-state index in [0.717, 1.165) is 13.1 Å². The molecule has 3 rings (SSSR count). The summed E-state index contributed by atoms with van der Waals surface area (Å²) in [4.78, 5) is 2.54. The number of para-hydroxylation sites is 1. The maximum atomic E-state index is 3.47. The van der Waals surface area contributed by atoms with Crippen molar-refractivity contribution in [3.05, 3.63) is 65.7 Å². The Hall–Kier alpha value is -1.80. The quantitative estimate of drug-likeness (QED) is 0.919. The number of likely N-dealkylation sites (N-methyl/N-ethyl adjacent to an activating group) is 1. The molecule has 1 heterocycles. The van der Waals surface area contributed by atoms with E-state index in [1.165, 1.54) is 23.2 Å². The van der Waals surface area contributed by atoms with Gasteiger partial charge in [0.15, 0.2) is 0 Å². The lowest BCUT2D eigenvalue weighted by Gasteiger charge is -2.37. The minimum atomic E-state index is 0.365. The number of rotatable bonds is 4. The summed E-state index contributed by atoms with van der Waals surface area (Å²) >= 11 is 0. The topological polar surface area (TPSA) is 15.3 Å². The molecular weight excluding hydrogens is 256 g/mol. The van der Waals surface area contributed by atoms with Gasteiger partial charge in [-0.1, -0.05) is 55.5 Å². The molecule has 2 unspecified atom stereocenters. The lowest BCUT2D eigenvalue weighted by atomic mass is 9.93. The van der Waals surface area contributed by atoms with Crippen LogP contribution in [0.3, 0.4) is 0 Å². The molecule has 2 aromatic rings. The maximum Gasteiger partial charge on any atom is 0.0495 e. The SMILES string of the molecule is CNC(CN1CC(C)Cc2ccccc21)c1ccccc1. The van der Waals surface area contributed by atoms with Crippen molar-refractivity contribution in [2.45, 2.75) is 19.4 Å². The van der Waals surface area contributed by atoms with Crippen LogP contribution in [0.25, 0.3) is 0 Å². The molecule has 2 nitrogen and oxygen atoms in total. The van der Waals surface area contributed by atoms with Crippen molar-refractivity contribution >= 4 is 5.69 Å². The van der Waals surface area contributed by atoms with Gasteiger partial charge in [-0.05, 0) is 36.6 Å². The molecule has 1 aliphatic rings. The molecule has 2 heteroatoms. The van der Waals surface area contributed by atoms with E-state index >= 15 is 0 Å². The van der Waals surface area contributed by atoms with Crippen LogP contribution in [0.2, 0.25) is 0 Å². The van der Waals surface area contributed by atoms with Crippen molar-refractivity contribution in [2.24, 2.45) is 5.92 Å². The Bertz CT molecular complexity index is 579. The van der Waals surface area contributed by atoms with Crippen LogP contribution in [-0.4, -0.2) is 20.1 Å². The second-order valence-corrected chi connectivity index (χ2v) is 6.09. The van der Waals surface area contributed by atoms with E-state index in [-0.39, 0.29) is 0 Å². The highest BCUT2D eigenvalue weighted by Gasteiger charge is 2.23. The molecule has 110 valence electrons. The summed E-state index contributed by atoms with van der Waals surface area (Å²) in [6.07, 6.45) is 1.20. The summed E-state index contributed by atoms with van der Waals surface area (Å²) in [5.41, 5.74) is 4.25. The number of anilines is 1. The molecule has 2 atom stereocenters. The smallest absolute Gasteiger partial charge is 0.0495 e. The van der Waals surface area contributed by atoms with Gasteiger partial charge in [0.05, 0.1) is 0 Å². The molecule has 0 spiro atoms. The molecule has 0 amide bonds. The third kappa shape index (κ3) is 3.11. The number of hydrogen-bond donors (Lipinski definition) is 1. The molecule has 21 heavy (non-hydrogen) atoms. The van der Waals surface area contributed by atoms with Gasteiger partial charge < -0.3 is 10.2 Å². The van der Waals surface area contributed by atoms with Gasteiger partial charge in [0.2, 0.25) is 0 Å². The summed E-state index contributed by atoms with van der Waals surface area (Å²) in [6, 6.07) is 19.9. The number of nitrogens with zero attached hydrogens (tertiary/aromatic N) is 1. The predicted molar refractivity (Wildman–Crippen MR) is 89.8 cm³/mol. The number of nitrogens with one attached hydrogen (secondary N) is 1. The molecule has 1 aliphatic heterocycles. The number of benzene rings is 2. The monoisotopic (exact) mass is 280 g/mol. The standard InChI is InChI=1S/C19H24N2/c1-15-12-17-10-6-7-11-19(17)21(13-15)14-18(20-2)16-8-4-3-5-9-16/h3-11,15,18,20H,12-14H2,1-2H3. The minimum Gasteiger partial charge on any atom is -0.369 e. The molecule has 2 aromatic carbocycles. The lowest BCUT2D eigenvalue weighted by molar-refractivity contribution is 0.493. The Labute approximate surface area is 127 Å². The average molecular weight is 280 g/mol. The fraction of sp³-hybridized carbons (Fsp3) is 0.368. The van der Waals surface area contributed by atoms with Crippen LogP contribution in [0.4, 0.5) is 5.69 Å². The summed E-state index contributed by atoms with van der Waals surface area (Å²) in [5.74, 6) is 0.716. The first-order valence-electron chi connectivity index (χ1n) is 7.83. The zero-order valence-corrected chi connectivity index (χ0v) is 12.9. The highest BCUT2D eigenvalue weighted by atomic mass is 15.2. The molecule has 0 bridgehead atoms. The van der Waals surface area contributed by atoms with Gasteiger partial charge in [-0.3, -0.25) is 0 Å². The third-order valence-corrected chi connectivity index (χ3v) is 4.39. The first-order chi connectivity index (χ1) is 10.3. The van der Waals surface area contributed by atoms with Gasteiger partial charge in [-0.2, -0.15) is 0 Å². The molecule has 0 saturated heterocycles. The highest BCUT2D eigenvalue weighted by molar-refractivity contribution is 5.56. The van der Waals surface area contributed by atoms with Gasteiger partial charge in [0.1, 0.15) is 0 Å². The zero-order chi connectivity index (χ0) is 14.7. The van der Waals surface area contributed by atoms with E-state index in [9.17, 15) is 0 Å². The summed E-state index contributed by atoms with van der Waals surface area (Å²) in [5, 5.41) is 3.47. The van der Waals surface area contributed by atoms with Gasteiger partial charge in [-0.15, -0.1) is 0 Å². The molecule has 1 N–H and O–H groups in total. The van der Waals surface area contributed by atoms with Gasteiger partial charge in [0, 0.05) is 24.8 Å². The lowest BCUT2D eigenvalue weighted by Crippen LogP contribution is -2.40. The van der Waals surface area contributed by atoms with Crippen molar-refractivity contribution in [3.8, 4) is 0 Å². The van der Waals surface area contributed by atoms with E-state index in [1.807, 2.05) is 0 Å². The molecule has 0 aliphatic carbocycles. The first-order valence-corrected chi connectivity index (χ1v) is 7.83. The Balaban J connectivity index is 1.84. The van der Waals surface area contributed by atoms with E-state index in [4.69, 9.17) is 0 Å². The second-order valence-electron chi connectivity index (χ2n) is 6.09. The van der Waals surface area contributed by atoms with Crippen LogP contribution < -0.4 is 10.2 Å². The van der Waals surface area contributed by atoms with Crippen molar-refractivity contribution in [2.75, 3.05) is 25.0 Å². The van der Waals surface area contributed by atoms with Crippen LogP contribution in [0.15, 0.2) is 54.6 Å². The van der Waals surface area contributed by atoms with Crippen LogP contribution in [0, 0.1) is 5.92 Å². The maximum absolute atomic E-state index is 3.47.